The van der Waals surface area contributed by atoms with Gasteiger partial charge in [0.05, 0.1) is 44.8 Å². The Hall–Kier alpha value is -3.20. The molecule has 2 aromatic carbocycles. The van der Waals surface area contributed by atoms with Crippen LogP contribution in [-0.2, 0) is 34.0 Å². The Labute approximate surface area is 186 Å². The molecule has 0 unspecified atom stereocenters. The fourth-order valence-corrected chi connectivity index (χ4v) is 3.73. The quantitative estimate of drug-likeness (QED) is 0.529. The maximum Gasteiger partial charge on any atom is 0.349 e. The van der Waals surface area contributed by atoms with Crippen LogP contribution in [0.3, 0.4) is 0 Å². The Morgan fingerprint density at radius 2 is 1.72 bits per heavy atom. The molecule has 4 rings (SSSR count). The fourth-order valence-electron chi connectivity index (χ4n) is 3.73. The van der Waals surface area contributed by atoms with Gasteiger partial charge in [-0.25, -0.2) is 4.79 Å². The van der Waals surface area contributed by atoms with Gasteiger partial charge < -0.3 is 25.1 Å². The van der Waals surface area contributed by atoms with Gasteiger partial charge in [0.1, 0.15) is 6.10 Å². The number of benzene rings is 2. The molecule has 0 spiro atoms. The van der Waals surface area contributed by atoms with E-state index in [0.717, 1.165) is 11.1 Å². The van der Waals surface area contributed by atoms with Crippen LogP contribution in [0.2, 0.25) is 0 Å². The molecular weight excluding hydrogens is 410 g/mol. The number of aromatic nitrogens is 2. The van der Waals surface area contributed by atoms with E-state index in [4.69, 9.17) is 19.9 Å². The molecule has 0 saturated carbocycles. The summed E-state index contributed by atoms with van der Waals surface area (Å²) in [4.78, 5) is 15.8. The van der Waals surface area contributed by atoms with Crippen molar-refractivity contribution in [3.05, 3.63) is 88.5 Å². The molecular formula is C24H27N3O5. The third kappa shape index (κ3) is 5.73. The summed E-state index contributed by atoms with van der Waals surface area (Å²) in [6.45, 7) is 1.54. The van der Waals surface area contributed by atoms with Crippen LogP contribution < -0.4 is 11.4 Å². The molecule has 0 bridgehead atoms. The zero-order valence-corrected chi connectivity index (χ0v) is 17.7. The first-order valence-electron chi connectivity index (χ1n) is 10.6. The third-order valence-corrected chi connectivity index (χ3v) is 5.38. The highest BCUT2D eigenvalue weighted by Gasteiger charge is 2.36. The van der Waals surface area contributed by atoms with Crippen LogP contribution in [0.4, 0.5) is 5.82 Å². The van der Waals surface area contributed by atoms with E-state index in [2.05, 4.69) is 4.98 Å². The Kier molecular flexibility index (Phi) is 7.16. The lowest BCUT2D eigenvalue weighted by molar-refractivity contribution is -0.0728. The monoisotopic (exact) mass is 437 g/mol. The largest absolute Gasteiger partial charge is 0.503 e. The van der Waals surface area contributed by atoms with Gasteiger partial charge in [0.25, 0.3) is 0 Å². The van der Waals surface area contributed by atoms with Crippen LogP contribution in [0.15, 0.2) is 71.7 Å². The van der Waals surface area contributed by atoms with Crippen molar-refractivity contribution in [1.29, 1.82) is 0 Å². The lowest BCUT2D eigenvalue weighted by Gasteiger charge is -2.19. The number of nitrogen functional groups attached to an aromatic ring is 1. The predicted molar refractivity (Wildman–Crippen MR) is 119 cm³/mol. The minimum Gasteiger partial charge on any atom is -0.503 e. The molecule has 1 saturated heterocycles. The fraction of sp³-hybridized carbons (Fsp3) is 0.333. The minimum absolute atomic E-state index is 0.185. The minimum atomic E-state index is -0.533. The summed E-state index contributed by atoms with van der Waals surface area (Å²) in [7, 11) is 0. The van der Waals surface area contributed by atoms with Gasteiger partial charge in [-0.15, -0.1) is 0 Å². The Morgan fingerprint density at radius 1 is 1.06 bits per heavy atom. The summed E-state index contributed by atoms with van der Waals surface area (Å²) in [5.41, 5.74) is 7.12. The molecule has 2 heterocycles. The van der Waals surface area contributed by atoms with Gasteiger partial charge >= 0.3 is 5.69 Å². The van der Waals surface area contributed by atoms with Crippen molar-refractivity contribution in [2.75, 3.05) is 12.3 Å². The zero-order chi connectivity index (χ0) is 22.3. The molecule has 1 fully saturated rings. The second-order valence-electron chi connectivity index (χ2n) is 7.81. The van der Waals surface area contributed by atoms with Gasteiger partial charge in [0, 0.05) is 6.42 Å². The molecule has 0 amide bonds. The van der Waals surface area contributed by atoms with Gasteiger partial charge in [-0.2, -0.15) is 4.98 Å². The normalized spacial score (nSPS) is 20.4. The van der Waals surface area contributed by atoms with Crippen LogP contribution in [0, 0.1) is 0 Å². The summed E-state index contributed by atoms with van der Waals surface area (Å²) in [5, 5.41) is 9.80. The third-order valence-electron chi connectivity index (χ3n) is 5.38. The number of ether oxygens (including phenoxy) is 3. The summed E-state index contributed by atoms with van der Waals surface area (Å²) in [6, 6.07) is 19.9. The maximum atomic E-state index is 12.1. The Balaban J connectivity index is 1.40. The number of hydrogen-bond acceptors (Lipinski definition) is 7. The SMILES string of the molecule is Nc1nc(=O)n(C[C@H]2C[C@H](OCc3ccccc3)[C@@H](COCc3ccccc3)O2)cc1O. The number of anilines is 1. The Bertz CT molecular complexity index is 1060. The summed E-state index contributed by atoms with van der Waals surface area (Å²) in [5.74, 6) is -0.419. The number of rotatable bonds is 9. The van der Waals surface area contributed by atoms with Crippen LogP contribution in [0.25, 0.3) is 0 Å². The standard InChI is InChI=1S/C24H27N3O5/c25-23-20(28)13-27(24(29)26-23)12-19-11-21(31-15-18-9-5-2-6-10-18)22(32-19)16-30-14-17-7-3-1-4-8-17/h1-10,13,19,21-22,28H,11-12,14-16H2,(H2,25,26,29)/t19-,21+,22-/m1/s1. The number of nitrogens with two attached hydrogens (primary N) is 1. The number of aromatic hydroxyl groups is 1. The Morgan fingerprint density at radius 3 is 2.41 bits per heavy atom. The van der Waals surface area contributed by atoms with Crippen LogP contribution >= 0.6 is 0 Å². The van der Waals surface area contributed by atoms with Crippen molar-refractivity contribution >= 4 is 5.82 Å². The van der Waals surface area contributed by atoms with Crippen molar-refractivity contribution in [1.82, 2.24) is 9.55 Å². The van der Waals surface area contributed by atoms with Gasteiger partial charge in [-0.1, -0.05) is 60.7 Å². The molecule has 32 heavy (non-hydrogen) atoms. The van der Waals surface area contributed by atoms with Crippen molar-refractivity contribution in [3.8, 4) is 5.75 Å². The number of nitrogens with zero attached hydrogens (tertiary/aromatic N) is 2. The van der Waals surface area contributed by atoms with Crippen molar-refractivity contribution in [2.24, 2.45) is 0 Å². The summed E-state index contributed by atoms with van der Waals surface area (Å²) in [6.07, 6.45) is 1.11. The maximum absolute atomic E-state index is 12.1. The van der Waals surface area contributed by atoms with E-state index in [1.165, 1.54) is 10.8 Å². The molecule has 8 heteroatoms. The predicted octanol–water partition coefficient (Wildman–Crippen LogP) is 2.49. The average molecular weight is 437 g/mol. The molecule has 8 nitrogen and oxygen atoms in total. The van der Waals surface area contributed by atoms with Gasteiger partial charge in [0.15, 0.2) is 11.6 Å². The molecule has 0 aliphatic carbocycles. The molecule has 168 valence electrons. The van der Waals surface area contributed by atoms with Crippen LogP contribution in [0.5, 0.6) is 5.75 Å². The van der Waals surface area contributed by atoms with Crippen molar-refractivity contribution in [3.63, 3.8) is 0 Å². The van der Waals surface area contributed by atoms with E-state index in [1.54, 1.807) is 0 Å². The van der Waals surface area contributed by atoms with E-state index in [1.807, 2.05) is 60.7 Å². The first kappa shape index (κ1) is 22.0. The van der Waals surface area contributed by atoms with Gasteiger partial charge in [-0.05, 0) is 11.1 Å². The molecule has 3 N–H and O–H groups in total. The van der Waals surface area contributed by atoms with E-state index in [-0.39, 0.29) is 36.4 Å². The smallest absolute Gasteiger partial charge is 0.349 e. The van der Waals surface area contributed by atoms with Gasteiger partial charge in [-0.3, -0.25) is 4.57 Å². The zero-order valence-electron chi connectivity index (χ0n) is 17.7. The van der Waals surface area contributed by atoms with E-state index >= 15 is 0 Å². The van der Waals surface area contributed by atoms with E-state index < -0.39 is 5.69 Å². The van der Waals surface area contributed by atoms with Crippen LogP contribution in [0.1, 0.15) is 17.5 Å². The first-order valence-corrected chi connectivity index (χ1v) is 10.6. The van der Waals surface area contributed by atoms with Crippen molar-refractivity contribution in [2.45, 2.75) is 44.5 Å². The lowest BCUT2D eigenvalue weighted by atomic mass is 10.1. The van der Waals surface area contributed by atoms with E-state index in [0.29, 0.717) is 26.2 Å². The molecule has 0 radical (unpaired) electrons. The van der Waals surface area contributed by atoms with E-state index in [9.17, 15) is 9.90 Å². The molecule has 1 aliphatic rings. The highest BCUT2D eigenvalue weighted by atomic mass is 16.6. The highest BCUT2D eigenvalue weighted by Crippen LogP contribution is 2.26. The molecule has 1 aromatic heterocycles. The summed E-state index contributed by atoms with van der Waals surface area (Å²) >= 11 is 0. The molecule has 1 aliphatic heterocycles. The second kappa shape index (κ2) is 10.4. The number of hydrogen-bond donors (Lipinski definition) is 2. The molecule has 3 aromatic rings. The topological polar surface area (TPSA) is 109 Å². The highest BCUT2D eigenvalue weighted by molar-refractivity contribution is 5.41. The van der Waals surface area contributed by atoms with Crippen LogP contribution in [-0.4, -0.2) is 39.6 Å². The van der Waals surface area contributed by atoms with Crippen molar-refractivity contribution < 1.29 is 19.3 Å². The lowest BCUT2D eigenvalue weighted by Crippen LogP contribution is -2.30. The average Bonchev–Trinajstić information content (AvgIpc) is 3.19. The summed E-state index contributed by atoms with van der Waals surface area (Å²) < 4.78 is 19.6. The second-order valence-corrected chi connectivity index (χ2v) is 7.81. The molecule has 3 atom stereocenters. The first-order chi connectivity index (χ1) is 15.6. The van der Waals surface area contributed by atoms with Gasteiger partial charge in [0.2, 0.25) is 0 Å².